The molecule has 0 unspecified atom stereocenters. The fourth-order valence-electron chi connectivity index (χ4n) is 5.79. The molecule has 4 aromatic rings. The lowest BCUT2D eigenvalue weighted by molar-refractivity contribution is -0.154. The Balaban J connectivity index is 1.05. The van der Waals surface area contributed by atoms with Gasteiger partial charge in [-0.2, -0.15) is 28.1 Å². The number of carbonyl (C=O) groups is 5. The predicted molar refractivity (Wildman–Crippen MR) is 205 cm³/mol. The number of carbonyl (C=O) groups excluding carboxylic acids is 5. The number of alkyl halides is 3. The molecule has 6 rings (SSSR count). The molecule has 0 radical (unpaired) electrons. The van der Waals surface area contributed by atoms with E-state index in [1.165, 1.54) is 48.5 Å². The molecule has 2 heterocycles. The Bertz CT molecular complexity index is 2170. The van der Waals surface area contributed by atoms with E-state index >= 15 is 0 Å². The number of hydrogen-bond acceptors (Lipinski definition) is 13. The first kappa shape index (κ1) is 42.1. The highest BCUT2D eigenvalue weighted by atomic mass is 35.5. The molecule has 1 aromatic heterocycles. The van der Waals surface area contributed by atoms with E-state index in [2.05, 4.69) is 41.5 Å². The van der Waals surface area contributed by atoms with E-state index in [4.69, 9.17) is 25.8 Å². The maximum Gasteiger partial charge on any atom is 0.422 e. The van der Waals surface area contributed by atoms with Gasteiger partial charge in [0.1, 0.15) is 6.04 Å². The summed E-state index contributed by atoms with van der Waals surface area (Å²) in [6.07, 6.45) is -3.26. The number of morpholine rings is 1. The Morgan fingerprint density at radius 3 is 2.10 bits per heavy atom. The Morgan fingerprint density at radius 1 is 0.847 bits per heavy atom. The lowest BCUT2D eigenvalue weighted by Crippen LogP contribution is -2.50. The van der Waals surface area contributed by atoms with Gasteiger partial charge in [0.05, 0.1) is 25.9 Å². The highest BCUT2D eigenvalue weighted by Gasteiger charge is 2.45. The van der Waals surface area contributed by atoms with Crippen LogP contribution in [0.4, 0.5) is 36.4 Å². The smallest absolute Gasteiger partial charge is 0.422 e. The zero-order valence-corrected chi connectivity index (χ0v) is 32.0. The second-order valence-corrected chi connectivity index (χ2v) is 13.7. The van der Waals surface area contributed by atoms with Crippen LogP contribution < -0.4 is 31.3 Å². The minimum Gasteiger partial charge on any atom is -0.467 e. The van der Waals surface area contributed by atoms with Gasteiger partial charge in [0.15, 0.2) is 6.61 Å². The molecule has 1 saturated carbocycles. The van der Waals surface area contributed by atoms with E-state index in [0.29, 0.717) is 55.4 Å². The molecule has 5 N–H and O–H groups in total. The zero-order chi connectivity index (χ0) is 42.2. The monoisotopic (exact) mass is 839 g/mol. The molecule has 59 heavy (non-hydrogen) atoms. The summed E-state index contributed by atoms with van der Waals surface area (Å²) in [6.45, 7) is -0.339. The van der Waals surface area contributed by atoms with Crippen LogP contribution in [0.3, 0.4) is 0 Å². The minimum atomic E-state index is -4.65. The molecular weight excluding hydrogens is 803 g/mol. The summed E-state index contributed by atoms with van der Waals surface area (Å²) in [4.78, 5) is 77.5. The van der Waals surface area contributed by atoms with Gasteiger partial charge >= 0.3 is 30.0 Å². The van der Waals surface area contributed by atoms with Crippen molar-refractivity contribution >= 4 is 64.5 Å². The molecule has 3 aromatic carbocycles. The first-order valence-corrected chi connectivity index (χ1v) is 18.4. The van der Waals surface area contributed by atoms with Crippen molar-refractivity contribution in [2.24, 2.45) is 0 Å². The van der Waals surface area contributed by atoms with Crippen LogP contribution in [0.25, 0.3) is 0 Å². The number of benzene rings is 3. The Hall–Kier alpha value is -6.54. The van der Waals surface area contributed by atoms with Crippen LogP contribution in [-0.4, -0.2) is 108 Å². The highest BCUT2D eigenvalue weighted by molar-refractivity contribution is 6.39. The predicted octanol–water partition coefficient (Wildman–Crippen LogP) is 3.81. The number of rotatable bonds is 14. The van der Waals surface area contributed by atoms with Gasteiger partial charge in [-0.3, -0.25) is 19.2 Å². The number of anilines is 4. The average molecular weight is 840 g/mol. The van der Waals surface area contributed by atoms with E-state index in [0.717, 1.165) is 12.7 Å². The number of nitrogens with one attached hydrogen (secondary N) is 5. The van der Waals surface area contributed by atoms with Crippen LogP contribution in [0.15, 0.2) is 72.8 Å². The minimum absolute atomic E-state index is 0.0481. The van der Waals surface area contributed by atoms with E-state index in [-0.39, 0.29) is 29.1 Å². The Labute approximate surface area is 339 Å². The number of esters is 1. The molecule has 0 bridgehead atoms. The van der Waals surface area contributed by atoms with Crippen molar-refractivity contribution in [2.45, 2.75) is 30.6 Å². The molecule has 1 aliphatic carbocycles. The van der Waals surface area contributed by atoms with Crippen molar-refractivity contribution < 1.29 is 51.4 Å². The molecule has 1 saturated heterocycles. The molecule has 21 heteroatoms. The molecule has 0 spiro atoms. The van der Waals surface area contributed by atoms with Gasteiger partial charge < -0.3 is 45.7 Å². The summed E-state index contributed by atoms with van der Waals surface area (Å²) in [5.41, 5.74) is 1.32. The molecule has 17 nitrogen and oxygen atoms in total. The van der Waals surface area contributed by atoms with Gasteiger partial charge in [-0.05, 0) is 79.1 Å². The fraction of sp³-hybridized carbons (Fsp3) is 0.316. The quantitative estimate of drug-likeness (QED) is 0.0904. The summed E-state index contributed by atoms with van der Waals surface area (Å²) >= 11 is 6.03. The third kappa shape index (κ3) is 11.5. The first-order valence-electron chi connectivity index (χ1n) is 18.0. The lowest BCUT2D eigenvalue weighted by Gasteiger charge is -2.26. The van der Waals surface area contributed by atoms with Gasteiger partial charge in [0.25, 0.3) is 11.8 Å². The topological polar surface area (TPSA) is 215 Å². The summed E-state index contributed by atoms with van der Waals surface area (Å²) in [5.74, 6) is -4.24. The van der Waals surface area contributed by atoms with Gasteiger partial charge in [-0.1, -0.05) is 23.7 Å². The summed E-state index contributed by atoms with van der Waals surface area (Å²) in [6, 6.07) is 16.7. The Kier molecular flexibility index (Phi) is 13.1. The van der Waals surface area contributed by atoms with Crippen molar-refractivity contribution in [1.82, 2.24) is 30.5 Å². The van der Waals surface area contributed by atoms with Crippen LogP contribution in [0.1, 0.15) is 39.1 Å². The van der Waals surface area contributed by atoms with Crippen LogP contribution in [0.5, 0.6) is 6.01 Å². The van der Waals surface area contributed by atoms with Crippen molar-refractivity contribution in [3.8, 4) is 6.01 Å². The van der Waals surface area contributed by atoms with Crippen LogP contribution in [0, 0.1) is 0 Å². The largest absolute Gasteiger partial charge is 0.467 e. The number of amides is 4. The fourth-order valence-corrected chi connectivity index (χ4v) is 5.92. The number of nitrogens with zero attached hydrogens (tertiary/aromatic N) is 4. The zero-order valence-electron chi connectivity index (χ0n) is 31.2. The van der Waals surface area contributed by atoms with Crippen molar-refractivity contribution in [1.29, 1.82) is 0 Å². The van der Waals surface area contributed by atoms with Gasteiger partial charge in [-0.15, -0.1) is 0 Å². The maximum absolute atomic E-state index is 13.1. The van der Waals surface area contributed by atoms with Crippen LogP contribution in [0.2, 0.25) is 5.02 Å². The normalized spacial score (nSPS) is 14.9. The van der Waals surface area contributed by atoms with Gasteiger partial charge in [0.2, 0.25) is 11.9 Å². The first-order chi connectivity index (χ1) is 28.2. The van der Waals surface area contributed by atoms with E-state index < -0.39 is 60.6 Å². The van der Waals surface area contributed by atoms with Crippen LogP contribution >= 0.6 is 11.6 Å². The summed E-state index contributed by atoms with van der Waals surface area (Å²) in [5, 5.41) is 13.7. The van der Waals surface area contributed by atoms with E-state index in [1.807, 2.05) is 12.1 Å². The van der Waals surface area contributed by atoms with E-state index in [9.17, 15) is 37.1 Å². The molecule has 1 atom stereocenters. The summed E-state index contributed by atoms with van der Waals surface area (Å²) < 4.78 is 53.8. The molecule has 2 aliphatic rings. The third-order valence-electron chi connectivity index (χ3n) is 9.03. The molecular formula is C38H37ClF3N9O8. The molecule has 2 fully saturated rings. The molecule has 310 valence electrons. The summed E-state index contributed by atoms with van der Waals surface area (Å²) in [7, 11) is 1.08. The third-order valence-corrected chi connectivity index (χ3v) is 9.28. The number of aromatic nitrogens is 3. The lowest BCUT2D eigenvalue weighted by atomic mass is 10.1. The number of halogens is 4. The standard InChI is InChI=1S/C38H37ClF3N9O8/c1-57-33(56)28(20-43-30(53)31(54)44-26-12-4-23(5-13-26)32(55)51-16-18-58-19-17-51)46-29(52)22-2-10-27(11-3-22)45-34-47-35(49-36(48-34)59-21-38(40,41)42)50-37(14-15-37)24-6-8-25(39)9-7-24/h2-13,28H,14-21H2,1H3,(H,43,53)(H,44,54)(H,46,52)(H2,45,47,48,49,50)/t28-/m0/s1. The molecule has 4 amide bonds. The number of methoxy groups -OCH3 is 1. The van der Waals surface area contributed by atoms with Crippen LogP contribution in [-0.2, 0) is 29.4 Å². The highest BCUT2D eigenvalue weighted by Crippen LogP contribution is 2.48. The van der Waals surface area contributed by atoms with E-state index in [1.54, 1.807) is 17.0 Å². The van der Waals surface area contributed by atoms with Gasteiger partial charge in [-0.25, -0.2) is 4.79 Å². The average Bonchev–Trinajstić information content (AvgIpc) is 4.01. The maximum atomic E-state index is 13.1. The number of ether oxygens (including phenoxy) is 3. The molecule has 1 aliphatic heterocycles. The van der Waals surface area contributed by atoms with Crippen molar-refractivity contribution in [3.63, 3.8) is 0 Å². The van der Waals surface area contributed by atoms with Crippen molar-refractivity contribution in [2.75, 3.05) is 62.5 Å². The van der Waals surface area contributed by atoms with Gasteiger partial charge in [0, 0.05) is 47.2 Å². The Morgan fingerprint density at radius 2 is 1.47 bits per heavy atom. The second-order valence-electron chi connectivity index (χ2n) is 13.3. The second kappa shape index (κ2) is 18.4. The van der Waals surface area contributed by atoms with Crippen molar-refractivity contribution in [3.05, 3.63) is 94.5 Å². The SMILES string of the molecule is COC(=O)[C@H](CNC(=O)C(=O)Nc1ccc(C(=O)N2CCOCC2)cc1)NC(=O)c1ccc(Nc2nc(NC3(c4ccc(Cl)cc4)CC3)nc(OCC(F)(F)F)n2)cc1. The number of hydrogen-bond donors (Lipinski definition) is 5.